The van der Waals surface area contributed by atoms with Crippen LogP contribution in [0.4, 0.5) is 4.79 Å². The van der Waals surface area contributed by atoms with Crippen LogP contribution in [0.3, 0.4) is 0 Å². The summed E-state index contributed by atoms with van der Waals surface area (Å²) in [6.07, 6.45) is 5.40. The Hall–Kier alpha value is -1.56. The van der Waals surface area contributed by atoms with Gasteiger partial charge in [-0.25, -0.2) is 4.79 Å². The van der Waals surface area contributed by atoms with Crippen molar-refractivity contribution in [1.29, 1.82) is 0 Å². The Morgan fingerprint density at radius 1 is 1.23 bits per heavy atom. The largest absolute Gasteiger partial charge is 0.383 e. The number of urea groups is 1. The Balaban J connectivity index is 2.10. The number of fused-ring (bicyclic) bond motifs is 1. The van der Waals surface area contributed by atoms with Gasteiger partial charge in [0.15, 0.2) is 5.78 Å². The average molecular weight is 365 g/mol. The van der Waals surface area contributed by atoms with Crippen LogP contribution in [0.2, 0.25) is 0 Å². The minimum atomic E-state index is 0.0187. The number of Topliss-reactive ketones (excluding diaryl/α,β-unsaturated/α-hetero) is 1. The Kier molecular flexibility index (Phi) is 7.50. The Morgan fingerprint density at radius 3 is 2.50 bits per heavy atom. The van der Waals surface area contributed by atoms with Gasteiger partial charge < -0.3 is 15.1 Å². The molecule has 0 aromatic carbocycles. The average Bonchev–Trinajstić information content (AvgIpc) is 2.57. The smallest absolute Gasteiger partial charge is 0.317 e. The molecule has 0 bridgehead atoms. The summed E-state index contributed by atoms with van der Waals surface area (Å²) in [6.45, 7) is 9.53. The van der Waals surface area contributed by atoms with E-state index in [0.717, 1.165) is 51.0 Å². The summed E-state index contributed by atoms with van der Waals surface area (Å²) in [7, 11) is 3.94. The van der Waals surface area contributed by atoms with Crippen molar-refractivity contribution in [2.24, 2.45) is 5.92 Å². The molecule has 2 aliphatic rings. The molecule has 3 atom stereocenters. The molecule has 1 saturated carbocycles. The summed E-state index contributed by atoms with van der Waals surface area (Å²) in [5, 5.41) is 3.21. The monoisotopic (exact) mass is 364 g/mol. The molecule has 1 N–H and O–H groups in total. The third kappa shape index (κ3) is 5.00. The van der Waals surface area contributed by atoms with Gasteiger partial charge in [-0.15, -0.1) is 0 Å². The Labute approximate surface area is 158 Å². The zero-order chi connectivity index (χ0) is 19.3. The van der Waals surface area contributed by atoms with Gasteiger partial charge in [0.1, 0.15) is 0 Å². The second-order valence-corrected chi connectivity index (χ2v) is 7.83. The fraction of sp³-hybridized carbons (Fsp3) is 0.800. The van der Waals surface area contributed by atoms with Crippen LogP contribution in [0.25, 0.3) is 0 Å². The number of nitrogens with zero attached hydrogens (tertiary/aromatic N) is 3. The van der Waals surface area contributed by atoms with Crippen molar-refractivity contribution in [3.8, 4) is 0 Å². The van der Waals surface area contributed by atoms with E-state index in [9.17, 15) is 9.59 Å². The van der Waals surface area contributed by atoms with Crippen LogP contribution < -0.4 is 5.32 Å². The van der Waals surface area contributed by atoms with E-state index in [1.54, 1.807) is 0 Å². The zero-order valence-corrected chi connectivity index (χ0v) is 17.1. The van der Waals surface area contributed by atoms with Gasteiger partial charge >= 0.3 is 6.03 Å². The fourth-order valence-electron chi connectivity index (χ4n) is 4.40. The maximum atomic E-state index is 12.6. The van der Waals surface area contributed by atoms with Crippen molar-refractivity contribution in [1.82, 2.24) is 20.0 Å². The van der Waals surface area contributed by atoms with Crippen LogP contribution in [0.5, 0.6) is 0 Å². The molecular formula is C20H36N4O2. The van der Waals surface area contributed by atoms with Gasteiger partial charge in [-0.3, -0.25) is 9.69 Å². The highest BCUT2D eigenvalue weighted by Gasteiger charge is 2.41. The highest BCUT2D eigenvalue weighted by atomic mass is 16.2. The summed E-state index contributed by atoms with van der Waals surface area (Å²) in [5.41, 5.74) is 0.947. The molecule has 1 aliphatic carbocycles. The number of carbonyl (C=O) groups excluding carboxylic acids is 2. The number of carbonyl (C=O) groups is 2. The van der Waals surface area contributed by atoms with Gasteiger partial charge in [0, 0.05) is 64.0 Å². The molecule has 2 rings (SSSR count). The summed E-state index contributed by atoms with van der Waals surface area (Å²) < 4.78 is 0. The van der Waals surface area contributed by atoms with Gasteiger partial charge in [-0.2, -0.15) is 0 Å². The summed E-state index contributed by atoms with van der Waals surface area (Å²) >= 11 is 0. The summed E-state index contributed by atoms with van der Waals surface area (Å²) in [6, 6.07) is 0.564. The van der Waals surface area contributed by atoms with Crippen molar-refractivity contribution in [3.05, 3.63) is 11.8 Å². The van der Waals surface area contributed by atoms with E-state index in [1.807, 2.05) is 43.9 Å². The minimum absolute atomic E-state index is 0.0187. The summed E-state index contributed by atoms with van der Waals surface area (Å²) in [5.74, 6) is 0.608. The molecule has 0 radical (unpaired) electrons. The molecular weight excluding hydrogens is 328 g/mol. The van der Waals surface area contributed by atoms with Crippen LogP contribution in [-0.4, -0.2) is 78.9 Å². The van der Waals surface area contributed by atoms with E-state index in [0.29, 0.717) is 18.4 Å². The standard InChI is InChI=1S/C20H36N4O2/c1-6-9-24-14-17(21-20(26)23(7-2)8-3)10-15-12-19(25)16(11-18(15)24)13-22(4)5/h13,15,17-18H,6-12,14H2,1-5H3,(H,21,26)/t15-,17+,18-/m1/s1. The molecule has 26 heavy (non-hydrogen) atoms. The quantitative estimate of drug-likeness (QED) is 0.735. The van der Waals surface area contributed by atoms with Gasteiger partial charge in [-0.1, -0.05) is 6.92 Å². The van der Waals surface area contributed by atoms with Crippen LogP contribution >= 0.6 is 0 Å². The number of piperidine rings is 1. The third-order valence-electron chi connectivity index (χ3n) is 5.59. The fourth-order valence-corrected chi connectivity index (χ4v) is 4.40. The zero-order valence-electron chi connectivity index (χ0n) is 17.1. The van der Waals surface area contributed by atoms with Crippen molar-refractivity contribution < 1.29 is 9.59 Å². The van der Waals surface area contributed by atoms with Crippen molar-refractivity contribution >= 4 is 11.8 Å². The minimum Gasteiger partial charge on any atom is -0.383 e. The number of amides is 2. The van der Waals surface area contributed by atoms with E-state index < -0.39 is 0 Å². The molecule has 1 heterocycles. The number of nitrogens with one attached hydrogen (secondary N) is 1. The SMILES string of the molecule is CCCN1C[C@@H](NC(=O)N(CC)CC)C[C@@H]2CC(=O)C(=CN(C)C)C[C@H]21. The third-order valence-corrected chi connectivity index (χ3v) is 5.59. The number of likely N-dealkylation sites (tertiary alicyclic amines) is 1. The molecule has 0 aromatic rings. The van der Waals surface area contributed by atoms with Crippen molar-refractivity contribution in [2.75, 3.05) is 40.3 Å². The second-order valence-electron chi connectivity index (χ2n) is 7.83. The predicted molar refractivity (Wildman–Crippen MR) is 105 cm³/mol. The first-order valence-corrected chi connectivity index (χ1v) is 10.1. The second kappa shape index (κ2) is 9.40. The maximum Gasteiger partial charge on any atom is 0.317 e. The maximum absolute atomic E-state index is 12.6. The van der Waals surface area contributed by atoms with Gasteiger partial charge in [0.2, 0.25) is 0 Å². The first kappa shape index (κ1) is 20.7. The lowest BCUT2D eigenvalue weighted by atomic mass is 9.74. The molecule has 0 spiro atoms. The highest BCUT2D eigenvalue weighted by molar-refractivity contribution is 5.96. The molecule has 2 fully saturated rings. The number of rotatable bonds is 6. The van der Waals surface area contributed by atoms with Crippen molar-refractivity contribution in [3.63, 3.8) is 0 Å². The van der Waals surface area contributed by atoms with Crippen LogP contribution in [0.15, 0.2) is 11.8 Å². The first-order valence-electron chi connectivity index (χ1n) is 10.1. The highest BCUT2D eigenvalue weighted by Crippen LogP contribution is 2.36. The molecule has 6 heteroatoms. The van der Waals surface area contributed by atoms with E-state index in [1.165, 1.54) is 0 Å². The normalized spacial score (nSPS) is 28.0. The van der Waals surface area contributed by atoms with Crippen molar-refractivity contribution in [2.45, 2.75) is 58.5 Å². The van der Waals surface area contributed by atoms with Crippen LogP contribution in [-0.2, 0) is 4.79 Å². The number of hydrogen-bond donors (Lipinski definition) is 1. The molecule has 0 aromatic heterocycles. The lowest BCUT2D eigenvalue weighted by Crippen LogP contribution is -2.59. The predicted octanol–water partition coefficient (Wildman–Crippen LogP) is 2.32. The van der Waals surface area contributed by atoms with E-state index in [2.05, 4.69) is 17.1 Å². The topological polar surface area (TPSA) is 55.9 Å². The van der Waals surface area contributed by atoms with Crippen LogP contribution in [0.1, 0.15) is 46.5 Å². The van der Waals surface area contributed by atoms with E-state index >= 15 is 0 Å². The lowest BCUT2D eigenvalue weighted by molar-refractivity contribution is -0.119. The Morgan fingerprint density at radius 2 is 1.92 bits per heavy atom. The molecule has 1 aliphatic heterocycles. The molecule has 148 valence electrons. The first-order chi connectivity index (χ1) is 12.4. The molecule has 1 saturated heterocycles. The van der Waals surface area contributed by atoms with E-state index in [-0.39, 0.29) is 17.9 Å². The summed E-state index contributed by atoms with van der Waals surface area (Å²) in [4.78, 5) is 31.3. The van der Waals surface area contributed by atoms with Crippen LogP contribution in [0, 0.1) is 5.92 Å². The molecule has 6 nitrogen and oxygen atoms in total. The molecule has 2 amide bonds. The number of hydrogen-bond acceptors (Lipinski definition) is 4. The molecule has 0 unspecified atom stereocenters. The number of ketones is 1. The van der Waals surface area contributed by atoms with E-state index in [4.69, 9.17) is 0 Å². The van der Waals surface area contributed by atoms with Gasteiger partial charge in [0.25, 0.3) is 0 Å². The lowest BCUT2D eigenvalue weighted by Gasteiger charge is -2.47. The van der Waals surface area contributed by atoms with Gasteiger partial charge in [-0.05, 0) is 45.6 Å². The Bertz CT molecular complexity index is 528. The van der Waals surface area contributed by atoms with Gasteiger partial charge in [0.05, 0.1) is 0 Å².